The van der Waals surface area contributed by atoms with Crippen molar-refractivity contribution in [2.75, 3.05) is 0 Å². The highest BCUT2D eigenvalue weighted by atomic mass is 32.2. The van der Waals surface area contributed by atoms with Crippen LogP contribution in [0.5, 0.6) is 0 Å². The molecule has 29 heavy (non-hydrogen) atoms. The third-order valence-corrected chi connectivity index (χ3v) is 5.49. The molecule has 7 heteroatoms. The predicted molar refractivity (Wildman–Crippen MR) is 116 cm³/mol. The van der Waals surface area contributed by atoms with E-state index in [0.717, 1.165) is 11.1 Å². The molecule has 0 unspecified atom stereocenters. The second-order valence-electron chi connectivity index (χ2n) is 6.64. The summed E-state index contributed by atoms with van der Waals surface area (Å²) in [5, 5.41) is 6.57. The Balaban J connectivity index is 1.79. The molecule has 0 aliphatic rings. The van der Waals surface area contributed by atoms with E-state index in [1.165, 1.54) is 16.3 Å². The van der Waals surface area contributed by atoms with Crippen LogP contribution in [-0.2, 0) is 24.4 Å². The molecule has 1 aromatic heterocycles. The number of hydrogen-bond acceptors (Lipinski definition) is 4. The summed E-state index contributed by atoms with van der Waals surface area (Å²) in [5.74, 6) is -0.0108. The van der Waals surface area contributed by atoms with Crippen molar-refractivity contribution >= 4 is 17.7 Å². The molecule has 2 aromatic carbocycles. The Labute approximate surface area is 174 Å². The molecule has 0 radical (unpaired) electrons. The molecule has 1 heterocycles. The van der Waals surface area contributed by atoms with E-state index in [1.54, 1.807) is 6.08 Å². The van der Waals surface area contributed by atoms with E-state index in [-0.39, 0.29) is 11.6 Å². The molecule has 0 aliphatic heterocycles. The number of amides is 1. The lowest BCUT2D eigenvalue weighted by atomic mass is 10.1. The van der Waals surface area contributed by atoms with E-state index in [9.17, 15) is 9.59 Å². The molecule has 0 spiro atoms. The maximum Gasteiger partial charge on any atom is 0.344 e. The molecule has 0 aliphatic carbocycles. The van der Waals surface area contributed by atoms with Gasteiger partial charge in [-0.3, -0.25) is 9.36 Å². The fourth-order valence-electron chi connectivity index (χ4n) is 2.97. The second-order valence-corrected chi connectivity index (χ2v) is 7.94. The van der Waals surface area contributed by atoms with Crippen molar-refractivity contribution in [1.82, 2.24) is 19.7 Å². The highest BCUT2D eigenvalue weighted by Gasteiger charge is 2.24. The van der Waals surface area contributed by atoms with Crippen LogP contribution in [0.1, 0.15) is 18.1 Å². The Bertz CT molecular complexity index is 957. The first-order valence-corrected chi connectivity index (χ1v) is 10.3. The van der Waals surface area contributed by atoms with Crippen LogP contribution in [0.25, 0.3) is 0 Å². The van der Waals surface area contributed by atoms with Crippen LogP contribution in [0.2, 0.25) is 0 Å². The van der Waals surface area contributed by atoms with Crippen molar-refractivity contribution < 1.29 is 4.79 Å². The number of carbonyl (C=O) groups excluding carboxylic acids is 1. The third kappa shape index (κ3) is 5.48. The van der Waals surface area contributed by atoms with Gasteiger partial charge in [0.1, 0.15) is 0 Å². The van der Waals surface area contributed by atoms with E-state index in [4.69, 9.17) is 0 Å². The van der Waals surface area contributed by atoms with E-state index in [1.807, 2.05) is 72.5 Å². The van der Waals surface area contributed by atoms with Gasteiger partial charge in [-0.15, -0.1) is 11.7 Å². The van der Waals surface area contributed by atoms with Crippen LogP contribution in [0.15, 0.2) is 83.3 Å². The molecule has 0 fully saturated rings. The fourth-order valence-corrected chi connectivity index (χ4v) is 3.92. The summed E-state index contributed by atoms with van der Waals surface area (Å²) in [6.45, 7) is 6.88. The van der Waals surface area contributed by atoms with E-state index in [0.29, 0.717) is 24.8 Å². The molecule has 1 N–H and O–H groups in total. The summed E-state index contributed by atoms with van der Waals surface area (Å²) in [5.41, 5.74) is 1.83. The molecule has 1 amide bonds. The molecular formula is C22H24N4O2S. The van der Waals surface area contributed by atoms with E-state index < -0.39 is 5.25 Å². The summed E-state index contributed by atoms with van der Waals surface area (Å²) in [7, 11) is 0. The Morgan fingerprint density at radius 3 is 2.21 bits per heavy atom. The van der Waals surface area contributed by atoms with Gasteiger partial charge in [0.2, 0.25) is 5.91 Å². The molecule has 1 atom stereocenters. The van der Waals surface area contributed by atoms with Crippen LogP contribution in [0.3, 0.4) is 0 Å². The van der Waals surface area contributed by atoms with Crippen molar-refractivity contribution in [3.8, 4) is 0 Å². The maximum absolute atomic E-state index is 13.3. The molecule has 3 aromatic rings. The second kappa shape index (κ2) is 9.93. The van der Waals surface area contributed by atoms with Crippen LogP contribution in [-0.4, -0.2) is 30.8 Å². The lowest BCUT2D eigenvalue weighted by molar-refractivity contribution is -0.131. The highest BCUT2D eigenvalue weighted by Crippen LogP contribution is 2.23. The Morgan fingerprint density at radius 2 is 1.69 bits per heavy atom. The first kappa shape index (κ1) is 20.7. The molecule has 0 saturated carbocycles. The number of rotatable bonds is 9. The number of carbonyl (C=O) groups is 1. The number of aromatic nitrogens is 3. The van der Waals surface area contributed by atoms with Crippen LogP contribution in [0, 0.1) is 0 Å². The maximum atomic E-state index is 13.3. The van der Waals surface area contributed by atoms with Crippen LogP contribution >= 0.6 is 11.8 Å². The smallest absolute Gasteiger partial charge is 0.333 e. The van der Waals surface area contributed by atoms with Crippen molar-refractivity contribution in [2.45, 2.75) is 37.0 Å². The zero-order chi connectivity index (χ0) is 20.6. The van der Waals surface area contributed by atoms with Gasteiger partial charge in [0.05, 0.1) is 5.25 Å². The first-order valence-electron chi connectivity index (χ1n) is 9.38. The summed E-state index contributed by atoms with van der Waals surface area (Å²) in [4.78, 5) is 27.0. The Hall–Kier alpha value is -3.06. The number of H-pyrrole nitrogens is 1. The molecule has 3 rings (SSSR count). The quantitative estimate of drug-likeness (QED) is 0.435. The third-order valence-electron chi connectivity index (χ3n) is 4.41. The van der Waals surface area contributed by atoms with Gasteiger partial charge in [0.15, 0.2) is 5.16 Å². The number of benzene rings is 2. The molecule has 0 saturated heterocycles. The largest absolute Gasteiger partial charge is 0.344 e. The summed E-state index contributed by atoms with van der Waals surface area (Å²) in [6, 6.07) is 19.8. The van der Waals surface area contributed by atoms with Gasteiger partial charge >= 0.3 is 5.69 Å². The van der Waals surface area contributed by atoms with Crippen LogP contribution < -0.4 is 5.69 Å². The Morgan fingerprint density at radius 1 is 1.14 bits per heavy atom. The molecular weight excluding hydrogens is 384 g/mol. The predicted octanol–water partition coefficient (Wildman–Crippen LogP) is 3.47. The van der Waals surface area contributed by atoms with Gasteiger partial charge in [0, 0.05) is 19.6 Å². The summed E-state index contributed by atoms with van der Waals surface area (Å²) in [6.07, 6.45) is 1.63. The minimum Gasteiger partial charge on any atom is -0.333 e. The molecule has 0 bridgehead atoms. The SMILES string of the molecule is C=CCn1c(S[C@@H](C)C(=O)N(Cc2ccccc2)Cc2ccccc2)n[nH]c1=O. The minimum atomic E-state index is -0.402. The minimum absolute atomic E-state index is 0.0108. The van der Waals surface area contributed by atoms with Gasteiger partial charge in [-0.25, -0.2) is 9.89 Å². The topological polar surface area (TPSA) is 71.0 Å². The number of hydrogen-bond donors (Lipinski definition) is 1. The standard InChI is InChI=1S/C22H24N4O2S/c1-3-14-26-21(28)23-24-22(26)29-17(2)20(27)25(15-18-10-6-4-7-11-18)16-19-12-8-5-9-13-19/h3-13,17H,1,14-16H2,2H3,(H,23,28)/t17-/m0/s1. The number of nitrogens with one attached hydrogen (secondary N) is 1. The van der Waals surface area contributed by atoms with Crippen molar-refractivity contribution in [2.24, 2.45) is 0 Å². The van der Waals surface area contributed by atoms with Gasteiger partial charge in [-0.2, -0.15) is 0 Å². The average Bonchev–Trinajstić information content (AvgIpc) is 3.08. The van der Waals surface area contributed by atoms with Gasteiger partial charge in [-0.1, -0.05) is 78.5 Å². The van der Waals surface area contributed by atoms with Crippen molar-refractivity contribution in [3.63, 3.8) is 0 Å². The summed E-state index contributed by atoms with van der Waals surface area (Å²) < 4.78 is 1.47. The number of aromatic amines is 1. The zero-order valence-electron chi connectivity index (χ0n) is 16.3. The van der Waals surface area contributed by atoms with Gasteiger partial charge < -0.3 is 4.90 Å². The van der Waals surface area contributed by atoms with E-state index in [2.05, 4.69) is 16.8 Å². The normalized spacial score (nSPS) is 11.8. The number of allylic oxidation sites excluding steroid dienone is 1. The van der Waals surface area contributed by atoms with Crippen LogP contribution in [0.4, 0.5) is 0 Å². The lowest BCUT2D eigenvalue weighted by Crippen LogP contribution is -2.36. The molecule has 150 valence electrons. The van der Waals surface area contributed by atoms with Crippen molar-refractivity contribution in [3.05, 3.63) is 94.9 Å². The highest BCUT2D eigenvalue weighted by molar-refractivity contribution is 8.00. The van der Waals surface area contributed by atoms with Crippen molar-refractivity contribution in [1.29, 1.82) is 0 Å². The van der Waals surface area contributed by atoms with Gasteiger partial charge in [0.25, 0.3) is 0 Å². The Kier molecular flexibility index (Phi) is 7.08. The number of nitrogens with zero attached hydrogens (tertiary/aromatic N) is 3. The summed E-state index contributed by atoms with van der Waals surface area (Å²) >= 11 is 1.27. The average molecular weight is 409 g/mol. The van der Waals surface area contributed by atoms with Gasteiger partial charge in [-0.05, 0) is 18.1 Å². The lowest BCUT2D eigenvalue weighted by Gasteiger charge is -2.26. The van der Waals surface area contributed by atoms with E-state index >= 15 is 0 Å². The monoisotopic (exact) mass is 408 g/mol. The molecule has 6 nitrogen and oxygen atoms in total. The zero-order valence-corrected chi connectivity index (χ0v) is 17.1. The fraction of sp³-hybridized carbons (Fsp3) is 0.227. The number of thioether (sulfide) groups is 1. The first-order chi connectivity index (χ1) is 14.1.